The Balaban J connectivity index is 2.02. The Hall–Kier alpha value is -0.860. The molecular weight excluding hydrogens is 240 g/mol. The van der Waals surface area contributed by atoms with Crippen LogP contribution in [0.5, 0.6) is 0 Å². The fourth-order valence-electron chi connectivity index (χ4n) is 3.79. The van der Waals surface area contributed by atoms with E-state index in [1.54, 1.807) is 0 Å². The molecule has 0 aromatic carbocycles. The number of hydrogen-bond acceptors (Lipinski definition) is 3. The van der Waals surface area contributed by atoms with Gasteiger partial charge in [-0.1, -0.05) is 55.4 Å². The van der Waals surface area contributed by atoms with Gasteiger partial charge >= 0.3 is 11.9 Å². The number of rotatable bonds is 2. The van der Waals surface area contributed by atoms with E-state index in [9.17, 15) is 9.59 Å². The van der Waals surface area contributed by atoms with Crippen LogP contribution >= 0.6 is 0 Å². The lowest BCUT2D eigenvalue weighted by molar-refractivity contribution is -0.163. The van der Waals surface area contributed by atoms with E-state index in [-0.39, 0.29) is 45.4 Å². The third-order valence-electron chi connectivity index (χ3n) is 6.71. The van der Waals surface area contributed by atoms with Crippen LogP contribution in [0.15, 0.2) is 0 Å². The second-order valence-electron chi connectivity index (χ2n) is 8.49. The van der Waals surface area contributed by atoms with Crippen molar-refractivity contribution in [2.45, 2.75) is 55.4 Å². The summed E-state index contributed by atoms with van der Waals surface area (Å²) in [5.41, 5.74) is -0.338. The van der Waals surface area contributed by atoms with E-state index in [2.05, 4.69) is 55.4 Å². The molecule has 0 bridgehead atoms. The molecule has 0 saturated heterocycles. The quantitative estimate of drug-likeness (QED) is 0.568. The van der Waals surface area contributed by atoms with Crippen LogP contribution in [0, 0.1) is 33.5 Å². The van der Waals surface area contributed by atoms with Crippen molar-refractivity contribution < 1.29 is 14.3 Å². The molecule has 2 aliphatic carbocycles. The summed E-state index contributed by atoms with van der Waals surface area (Å²) in [5, 5.41) is 0. The maximum absolute atomic E-state index is 12.2. The third kappa shape index (κ3) is 1.63. The van der Waals surface area contributed by atoms with Crippen molar-refractivity contribution in [2.75, 3.05) is 0 Å². The highest BCUT2D eigenvalue weighted by atomic mass is 16.6. The molecule has 0 aliphatic heterocycles. The Kier molecular flexibility index (Phi) is 2.62. The van der Waals surface area contributed by atoms with Crippen LogP contribution < -0.4 is 0 Å². The minimum atomic E-state index is -0.349. The first-order valence-corrected chi connectivity index (χ1v) is 7.05. The van der Waals surface area contributed by atoms with Crippen LogP contribution in [0.1, 0.15) is 55.4 Å². The first-order valence-electron chi connectivity index (χ1n) is 7.05. The SMILES string of the molecule is CC1(C)C(C(=O)OC(=O)C2C(C)(C)C2(C)C)C1(C)C. The van der Waals surface area contributed by atoms with Gasteiger partial charge < -0.3 is 4.74 Å². The molecule has 0 radical (unpaired) electrons. The van der Waals surface area contributed by atoms with Gasteiger partial charge in [-0.2, -0.15) is 0 Å². The topological polar surface area (TPSA) is 43.4 Å². The predicted octanol–water partition coefficient (Wildman–Crippen LogP) is 3.42. The lowest BCUT2D eigenvalue weighted by Crippen LogP contribution is -2.20. The first-order chi connectivity index (χ1) is 8.29. The van der Waals surface area contributed by atoms with Gasteiger partial charge in [0.05, 0.1) is 11.8 Å². The van der Waals surface area contributed by atoms with Crippen LogP contribution in [0.25, 0.3) is 0 Å². The molecule has 0 heterocycles. The van der Waals surface area contributed by atoms with Gasteiger partial charge in [-0.15, -0.1) is 0 Å². The molecule has 0 unspecified atom stereocenters. The summed E-state index contributed by atoms with van der Waals surface area (Å²) in [6, 6.07) is 0. The molecule has 3 heteroatoms. The Morgan fingerprint density at radius 2 is 0.842 bits per heavy atom. The minimum absolute atomic E-state index is 0.0844. The van der Waals surface area contributed by atoms with Gasteiger partial charge in [-0.25, -0.2) is 0 Å². The van der Waals surface area contributed by atoms with E-state index < -0.39 is 0 Å². The fourth-order valence-corrected chi connectivity index (χ4v) is 3.79. The maximum atomic E-state index is 12.2. The van der Waals surface area contributed by atoms with Gasteiger partial charge in [0.15, 0.2) is 0 Å². The van der Waals surface area contributed by atoms with E-state index in [0.717, 1.165) is 0 Å². The molecule has 0 aromatic rings. The molecule has 2 fully saturated rings. The first kappa shape index (κ1) is 14.5. The van der Waals surface area contributed by atoms with E-state index in [1.165, 1.54) is 0 Å². The molecule has 2 rings (SSSR count). The average molecular weight is 266 g/mol. The molecule has 0 atom stereocenters. The van der Waals surface area contributed by atoms with Crippen molar-refractivity contribution in [3.63, 3.8) is 0 Å². The van der Waals surface area contributed by atoms with Crippen LogP contribution in [0.4, 0.5) is 0 Å². The molecule has 2 saturated carbocycles. The second-order valence-corrected chi connectivity index (χ2v) is 8.49. The molecule has 0 N–H and O–H groups in total. The van der Waals surface area contributed by atoms with Gasteiger partial charge in [0.2, 0.25) is 0 Å². The standard InChI is InChI=1S/C16H26O3/c1-13(2)9(14(13,3)4)11(17)19-12(18)10-15(5,6)16(10,7)8/h9-10H,1-8H3. The minimum Gasteiger partial charge on any atom is -0.393 e. The molecular formula is C16H26O3. The Morgan fingerprint density at radius 3 is 1.00 bits per heavy atom. The number of esters is 2. The Bertz CT molecular complexity index is 385. The van der Waals surface area contributed by atoms with E-state index in [0.29, 0.717) is 0 Å². The van der Waals surface area contributed by atoms with Crippen molar-refractivity contribution in [2.24, 2.45) is 33.5 Å². The monoisotopic (exact) mass is 266 g/mol. The van der Waals surface area contributed by atoms with Crippen molar-refractivity contribution in [1.82, 2.24) is 0 Å². The molecule has 0 spiro atoms. The van der Waals surface area contributed by atoms with Gasteiger partial charge in [-0.3, -0.25) is 9.59 Å². The largest absolute Gasteiger partial charge is 0.393 e. The number of ether oxygens (including phenoxy) is 1. The summed E-state index contributed by atoms with van der Waals surface area (Å²) in [7, 11) is 0. The van der Waals surface area contributed by atoms with Gasteiger partial charge in [0.1, 0.15) is 0 Å². The van der Waals surface area contributed by atoms with Crippen LogP contribution in [-0.2, 0) is 14.3 Å². The smallest absolute Gasteiger partial charge is 0.317 e. The van der Waals surface area contributed by atoms with E-state index in [1.807, 2.05) is 0 Å². The summed E-state index contributed by atoms with van der Waals surface area (Å²) in [4.78, 5) is 24.3. The van der Waals surface area contributed by atoms with Crippen LogP contribution in [0.3, 0.4) is 0 Å². The van der Waals surface area contributed by atoms with Crippen molar-refractivity contribution in [3.05, 3.63) is 0 Å². The average Bonchev–Trinajstić information content (AvgIpc) is 2.73. The maximum Gasteiger partial charge on any atom is 0.317 e. The zero-order chi connectivity index (χ0) is 15.0. The molecule has 0 aromatic heterocycles. The highest BCUT2D eigenvalue weighted by Gasteiger charge is 2.72. The second kappa shape index (κ2) is 3.42. The summed E-state index contributed by atoms with van der Waals surface area (Å²) in [6.07, 6.45) is 0. The predicted molar refractivity (Wildman–Crippen MR) is 73.2 cm³/mol. The Morgan fingerprint density at radius 1 is 0.632 bits per heavy atom. The van der Waals surface area contributed by atoms with Crippen LogP contribution in [0.2, 0.25) is 0 Å². The van der Waals surface area contributed by atoms with Crippen molar-refractivity contribution in [3.8, 4) is 0 Å². The summed E-state index contributed by atoms with van der Waals surface area (Å²) < 4.78 is 5.16. The molecule has 19 heavy (non-hydrogen) atoms. The third-order valence-corrected chi connectivity index (χ3v) is 6.71. The van der Waals surface area contributed by atoms with Crippen LogP contribution in [-0.4, -0.2) is 11.9 Å². The molecule has 2 aliphatic rings. The van der Waals surface area contributed by atoms with Gasteiger partial charge in [-0.05, 0) is 21.7 Å². The van der Waals surface area contributed by atoms with Gasteiger partial charge in [0, 0.05) is 0 Å². The number of carbonyl (C=O) groups is 2. The summed E-state index contributed by atoms with van der Waals surface area (Å²) in [6.45, 7) is 16.4. The molecule has 108 valence electrons. The van der Waals surface area contributed by atoms with E-state index >= 15 is 0 Å². The zero-order valence-corrected chi connectivity index (χ0v) is 13.4. The van der Waals surface area contributed by atoms with E-state index in [4.69, 9.17) is 4.74 Å². The zero-order valence-electron chi connectivity index (χ0n) is 13.4. The lowest BCUT2D eigenvalue weighted by atomic mass is 10.0. The number of carbonyl (C=O) groups excluding carboxylic acids is 2. The highest BCUT2D eigenvalue weighted by Crippen LogP contribution is 2.70. The molecule has 0 amide bonds. The van der Waals surface area contributed by atoms with Crippen molar-refractivity contribution >= 4 is 11.9 Å². The molecule has 3 nitrogen and oxygen atoms in total. The van der Waals surface area contributed by atoms with Gasteiger partial charge in [0.25, 0.3) is 0 Å². The normalized spacial score (nSPS) is 29.7. The Labute approximate surface area is 116 Å². The van der Waals surface area contributed by atoms with Crippen molar-refractivity contribution in [1.29, 1.82) is 0 Å². The highest BCUT2D eigenvalue weighted by molar-refractivity contribution is 5.92. The summed E-state index contributed by atoms with van der Waals surface area (Å²) >= 11 is 0. The lowest BCUT2D eigenvalue weighted by Gasteiger charge is -2.05. The summed E-state index contributed by atoms with van der Waals surface area (Å²) in [5.74, 6) is -1.04. The fraction of sp³-hybridized carbons (Fsp3) is 0.875. The number of hydrogen-bond donors (Lipinski definition) is 0.